The Hall–Kier alpha value is -2.93. The molecule has 1 amide bonds. The Balaban J connectivity index is 1.78. The molecule has 3 rings (SSSR count). The van der Waals surface area contributed by atoms with Gasteiger partial charge >= 0.3 is 5.97 Å². The molecule has 0 fully saturated rings. The average Bonchev–Trinajstić information content (AvgIpc) is 3.36. The number of amides is 1. The van der Waals surface area contributed by atoms with E-state index in [1.165, 1.54) is 6.20 Å². The van der Waals surface area contributed by atoms with Gasteiger partial charge in [0.1, 0.15) is 5.56 Å². The van der Waals surface area contributed by atoms with Crippen LogP contribution in [0.25, 0.3) is 5.69 Å². The fraction of sp³-hybridized carbons (Fsp3) is 0.286. The lowest BCUT2D eigenvalue weighted by molar-refractivity contribution is 0.0525. The van der Waals surface area contributed by atoms with Gasteiger partial charge in [0.25, 0.3) is 5.91 Å². The minimum Gasteiger partial charge on any atom is -0.462 e. The van der Waals surface area contributed by atoms with Crippen LogP contribution in [0.4, 0.5) is 0 Å². The number of carbonyl (C=O) groups is 2. The van der Waals surface area contributed by atoms with Crippen molar-refractivity contribution in [2.24, 2.45) is 0 Å². The van der Waals surface area contributed by atoms with Crippen LogP contribution in [0.1, 0.15) is 51.2 Å². The first-order valence-corrected chi connectivity index (χ1v) is 9.94. The minimum absolute atomic E-state index is 0.00710. The third-order valence-corrected chi connectivity index (χ3v) is 5.76. The maximum Gasteiger partial charge on any atom is 0.341 e. The van der Waals surface area contributed by atoms with Crippen molar-refractivity contribution in [3.63, 3.8) is 0 Å². The SMILES string of the molecule is CCOC(=O)c1cnn(-c2ccc(C(=O)N(C)C(C)c3cccs3)cc2)c1C. The molecule has 0 saturated heterocycles. The van der Waals surface area contributed by atoms with E-state index in [1.54, 1.807) is 40.0 Å². The summed E-state index contributed by atoms with van der Waals surface area (Å²) in [5, 5.41) is 6.29. The van der Waals surface area contributed by atoms with Gasteiger partial charge in [0, 0.05) is 17.5 Å². The van der Waals surface area contributed by atoms with Crippen LogP contribution in [-0.2, 0) is 4.74 Å². The molecule has 146 valence electrons. The zero-order valence-electron chi connectivity index (χ0n) is 16.4. The fourth-order valence-corrected chi connectivity index (χ4v) is 3.75. The van der Waals surface area contributed by atoms with Gasteiger partial charge in [-0.25, -0.2) is 9.48 Å². The molecular weight excluding hydrogens is 374 g/mol. The van der Waals surface area contributed by atoms with Crippen molar-refractivity contribution in [2.45, 2.75) is 26.8 Å². The molecule has 6 nitrogen and oxygen atoms in total. The van der Waals surface area contributed by atoms with Crippen molar-refractivity contribution < 1.29 is 14.3 Å². The Bertz CT molecular complexity index is 961. The Morgan fingerprint density at radius 3 is 2.57 bits per heavy atom. The first-order chi connectivity index (χ1) is 13.4. The smallest absolute Gasteiger partial charge is 0.341 e. The van der Waals surface area contributed by atoms with Crippen LogP contribution in [0.15, 0.2) is 48.0 Å². The van der Waals surface area contributed by atoms with E-state index in [9.17, 15) is 9.59 Å². The molecule has 28 heavy (non-hydrogen) atoms. The number of hydrogen-bond acceptors (Lipinski definition) is 5. The van der Waals surface area contributed by atoms with Crippen molar-refractivity contribution in [3.05, 3.63) is 69.7 Å². The summed E-state index contributed by atoms with van der Waals surface area (Å²) in [6.45, 7) is 5.91. The molecule has 0 aliphatic rings. The van der Waals surface area contributed by atoms with E-state index >= 15 is 0 Å². The number of hydrogen-bond donors (Lipinski definition) is 0. The van der Waals surface area contributed by atoms with Crippen molar-refractivity contribution in [1.82, 2.24) is 14.7 Å². The maximum absolute atomic E-state index is 12.8. The van der Waals surface area contributed by atoms with Gasteiger partial charge in [0.15, 0.2) is 0 Å². The average molecular weight is 398 g/mol. The van der Waals surface area contributed by atoms with Crippen LogP contribution < -0.4 is 0 Å². The quantitative estimate of drug-likeness (QED) is 0.583. The lowest BCUT2D eigenvalue weighted by Crippen LogP contribution is -2.29. The van der Waals surface area contributed by atoms with Crippen LogP contribution in [0.3, 0.4) is 0 Å². The number of ether oxygens (including phenoxy) is 1. The lowest BCUT2D eigenvalue weighted by atomic mass is 10.1. The standard InChI is InChI=1S/C21H23N3O3S/c1-5-27-21(26)18-13-22-24(14(18)2)17-10-8-16(9-11-17)20(25)23(4)15(3)19-7-6-12-28-19/h6-13,15H,5H2,1-4H3. The summed E-state index contributed by atoms with van der Waals surface area (Å²) in [5.41, 5.74) is 2.51. The number of esters is 1. The van der Waals surface area contributed by atoms with Gasteiger partial charge in [-0.15, -0.1) is 11.3 Å². The van der Waals surface area contributed by atoms with E-state index in [1.807, 2.05) is 50.5 Å². The highest BCUT2D eigenvalue weighted by atomic mass is 32.1. The van der Waals surface area contributed by atoms with Crippen molar-refractivity contribution in [1.29, 1.82) is 0 Å². The second-order valence-electron chi connectivity index (χ2n) is 6.43. The van der Waals surface area contributed by atoms with E-state index in [4.69, 9.17) is 4.74 Å². The molecule has 0 saturated carbocycles. The largest absolute Gasteiger partial charge is 0.462 e. The van der Waals surface area contributed by atoms with Crippen LogP contribution in [0.5, 0.6) is 0 Å². The molecule has 0 radical (unpaired) electrons. The number of rotatable bonds is 6. The molecule has 0 spiro atoms. The normalized spacial score (nSPS) is 11.9. The fourth-order valence-electron chi connectivity index (χ4n) is 2.92. The number of aromatic nitrogens is 2. The molecule has 7 heteroatoms. The van der Waals surface area contributed by atoms with Crippen LogP contribution in [0, 0.1) is 6.92 Å². The zero-order valence-corrected chi connectivity index (χ0v) is 17.2. The summed E-state index contributed by atoms with van der Waals surface area (Å²) in [5.74, 6) is -0.431. The molecule has 0 N–H and O–H groups in total. The van der Waals surface area contributed by atoms with Gasteiger partial charge in [0.2, 0.25) is 0 Å². The predicted molar refractivity (Wildman–Crippen MR) is 109 cm³/mol. The predicted octanol–water partition coefficient (Wildman–Crippen LogP) is 4.25. The van der Waals surface area contributed by atoms with Gasteiger partial charge < -0.3 is 9.64 Å². The van der Waals surface area contributed by atoms with Crippen molar-refractivity contribution >= 4 is 23.2 Å². The summed E-state index contributed by atoms with van der Waals surface area (Å²) in [4.78, 5) is 27.7. The van der Waals surface area contributed by atoms with Gasteiger partial charge in [-0.05, 0) is 56.5 Å². The number of nitrogens with zero attached hydrogens (tertiary/aromatic N) is 3. The zero-order chi connectivity index (χ0) is 20.3. The third kappa shape index (κ3) is 3.84. The summed E-state index contributed by atoms with van der Waals surface area (Å²) in [7, 11) is 1.81. The molecule has 0 aliphatic carbocycles. The number of thiophene rings is 1. The van der Waals surface area contributed by atoms with Gasteiger partial charge in [0.05, 0.1) is 30.2 Å². The molecule has 0 bridgehead atoms. The van der Waals surface area contributed by atoms with Crippen LogP contribution in [0.2, 0.25) is 0 Å². The molecule has 1 aromatic carbocycles. The summed E-state index contributed by atoms with van der Waals surface area (Å²) in [6.07, 6.45) is 1.50. The van der Waals surface area contributed by atoms with E-state index in [0.29, 0.717) is 23.4 Å². The summed E-state index contributed by atoms with van der Waals surface area (Å²) >= 11 is 1.64. The highest BCUT2D eigenvalue weighted by Crippen LogP contribution is 2.25. The van der Waals surface area contributed by atoms with E-state index in [-0.39, 0.29) is 17.9 Å². The first-order valence-electron chi connectivity index (χ1n) is 9.06. The van der Waals surface area contributed by atoms with E-state index < -0.39 is 0 Å². The first kappa shape index (κ1) is 19.8. The third-order valence-electron chi connectivity index (χ3n) is 4.72. The maximum atomic E-state index is 12.8. The second-order valence-corrected chi connectivity index (χ2v) is 7.41. The van der Waals surface area contributed by atoms with Crippen molar-refractivity contribution in [2.75, 3.05) is 13.7 Å². The molecule has 1 atom stereocenters. The second kappa shape index (κ2) is 8.39. The Morgan fingerprint density at radius 1 is 1.25 bits per heavy atom. The highest BCUT2D eigenvalue weighted by molar-refractivity contribution is 7.10. The Kier molecular flexibility index (Phi) is 5.94. The van der Waals surface area contributed by atoms with Gasteiger partial charge in [-0.3, -0.25) is 4.79 Å². The Labute approximate surface area is 168 Å². The van der Waals surface area contributed by atoms with Gasteiger partial charge in [-0.1, -0.05) is 6.07 Å². The van der Waals surface area contributed by atoms with Crippen LogP contribution in [-0.4, -0.2) is 40.2 Å². The summed E-state index contributed by atoms with van der Waals surface area (Å²) in [6, 6.07) is 11.2. The molecule has 0 aliphatic heterocycles. The summed E-state index contributed by atoms with van der Waals surface area (Å²) < 4.78 is 6.71. The van der Waals surface area contributed by atoms with Crippen LogP contribution >= 0.6 is 11.3 Å². The van der Waals surface area contributed by atoms with Gasteiger partial charge in [-0.2, -0.15) is 5.10 Å². The topological polar surface area (TPSA) is 64.4 Å². The molecular formula is C21H23N3O3S. The highest BCUT2D eigenvalue weighted by Gasteiger charge is 2.20. The molecule has 2 heterocycles. The number of carbonyl (C=O) groups excluding carboxylic acids is 2. The van der Waals surface area contributed by atoms with E-state index in [2.05, 4.69) is 5.10 Å². The Morgan fingerprint density at radius 2 is 1.96 bits per heavy atom. The molecule has 1 unspecified atom stereocenters. The molecule has 3 aromatic rings. The van der Waals surface area contributed by atoms with E-state index in [0.717, 1.165) is 10.6 Å². The van der Waals surface area contributed by atoms with Crippen molar-refractivity contribution in [3.8, 4) is 5.69 Å². The molecule has 2 aromatic heterocycles. The lowest BCUT2D eigenvalue weighted by Gasteiger charge is -2.24. The minimum atomic E-state index is -0.387. The monoisotopic (exact) mass is 397 g/mol. The number of benzene rings is 1.